The number of nitrogens with one attached hydrogen (secondary N) is 3. The van der Waals surface area contributed by atoms with Gasteiger partial charge in [-0.25, -0.2) is 13.1 Å². The van der Waals surface area contributed by atoms with E-state index in [0.717, 1.165) is 0 Å². The summed E-state index contributed by atoms with van der Waals surface area (Å²) >= 11 is 1.66. The summed E-state index contributed by atoms with van der Waals surface area (Å²) in [5.41, 5.74) is 0.329. The Morgan fingerprint density at radius 3 is 2.50 bits per heavy atom. The molecule has 1 amide bonds. The number of benzene rings is 1. The molecule has 8 heteroatoms. The van der Waals surface area contributed by atoms with Gasteiger partial charge in [0, 0.05) is 11.6 Å². The van der Waals surface area contributed by atoms with Gasteiger partial charge in [-0.1, -0.05) is 12.1 Å². The topological polar surface area (TPSA) is 79.7 Å². The molecule has 1 atom stereocenters. The third-order valence-electron chi connectivity index (χ3n) is 3.85. The molecule has 0 saturated carbocycles. The highest BCUT2D eigenvalue weighted by Crippen LogP contribution is 2.16. The second-order valence-electron chi connectivity index (χ2n) is 6.66. The average molecular weight is 397 g/mol. The van der Waals surface area contributed by atoms with Crippen LogP contribution in [0.2, 0.25) is 0 Å². The maximum Gasteiger partial charge on any atom is 0.251 e. The van der Waals surface area contributed by atoms with Crippen LogP contribution in [0.5, 0.6) is 0 Å². The minimum atomic E-state index is -3.63. The Hall–Kier alpha value is -1.74. The highest BCUT2D eigenvalue weighted by atomic mass is 32.2. The minimum absolute atomic E-state index is 0.0897. The van der Waals surface area contributed by atoms with Crippen LogP contribution in [-0.2, 0) is 10.0 Å². The Bertz CT molecular complexity index is 831. The number of thiophene rings is 1. The maximum absolute atomic E-state index is 12.5. The Kier molecular flexibility index (Phi) is 6.94. The lowest BCUT2D eigenvalue weighted by molar-refractivity contribution is -0.890. The van der Waals surface area contributed by atoms with Crippen LogP contribution in [-0.4, -0.2) is 41.0 Å². The van der Waals surface area contributed by atoms with Crippen molar-refractivity contribution in [2.24, 2.45) is 0 Å². The molecule has 0 spiro atoms. The van der Waals surface area contributed by atoms with E-state index in [1.165, 1.54) is 21.9 Å². The third kappa shape index (κ3) is 5.38. The summed E-state index contributed by atoms with van der Waals surface area (Å²) in [6, 6.07) is 10.1. The first-order valence-electron chi connectivity index (χ1n) is 8.44. The second-order valence-corrected chi connectivity index (χ2v) is 9.35. The first kappa shape index (κ1) is 20.6. The number of hydrogen-bond donors (Lipinski definition) is 3. The number of carbonyl (C=O) groups excluding carboxylic acids is 1. The van der Waals surface area contributed by atoms with Crippen molar-refractivity contribution in [1.29, 1.82) is 0 Å². The summed E-state index contributed by atoms with van der Waals surface area (Å²) in [5.74, 6) is -0.283. The molecular weight excluding hydrogens is 370 g/mol. The van der Waals surface area contributed by atoms with Crippen molar-refractivity contribution in [2.75, 3.05) is 20.6 Å². The Balaban J connectivity index is 2.11. The fourth-order valence-corrected chi connectivity index (χ4v) is 4.81. The fourth-order valence-electron chi connectivity index (χ4n) is 2.56. The van der Waals surface area contributed by atoms with Crippen molar-refractivity contribution < 1.29 is 18.1 Å². The smallest absolute Gasteiger partial charge is 0.251 e. The van der Waals surface area contributed by atoms with E-state index in [0.29, 0.717) is 12.1 Å². The van der Waals surface area contributed by atoms with E-state index in [4.69, 9.17) is 0 Å². The largest absolute Gasteiger partial charge is 0.346 e. The van der Waals surface area contributed by atoms with Crippen molar-refractivity contribution in [3.05, 3.63) is 52.2 Å². The molecule has 142 valence electrons. The monoisotopic (exact) mass is 396 g/mol. The zero-order valence-corrected chi connectivity index (χ0v) is 17.1. The normalized spacial score (nSPS) is 13.2. The van der Waals surface area contributed by atoms with Crippen molar-refractivity contribution >= 4 is 27.3 Å². The molecule has 0 saturated heterocycles. The molecule has 26 heavy (non-hydrogen) atoms. The number of rotatable bonds is 8. The quantitative estimate of drug-likeness (QED) is 0.624. The summed E-state index contributed by atoms with van der Waals surface area (Å²) in [6.45, 7) is 3.98. The SMILES string of the molecule is CC(C)NS(=O)(=O)c1cccc(C(=O)NC[C@H](c2cccs2)[NH+](C)C)c1. The molecule has 6 nitrogen and oxygen atoms in total. The van der Waals surface area contributed by atoms with Crippen molar-refractivity contribution in [2.45, 2.75) is 30.8 Å². The van der Waals surface area contributed by atoms with Gasteiger partial charge in [0.15, 0.2) is 0 Å². The van der Waals surface area contributed by atoms with Gasteiger partial charge in [0.25, 0.3) is 5.91 Å². The molecule has 2 rings (SSSR count). The van der Waals surface area contributed by atoms with Crippen LogP contribution < -0.4 is 14.9 Å². The lowest BCUT2D eigenvalue weighted by atomic mass is 10.2. The molecule has 0 unspecified atom stereocenters. The standard InChI is InChI=1S/C18H25N3O3S2/c1-13(2)20-26(23,24)15-8-5-7-14(11-15)18(22)19-12-16(21(3)4)17-9-6-10-25-17/h5-11,13,16,20H,12H2,1-4H3,(H,19,22)/p+1/t16-/m1/s1. The third-order valence-corrected chi connectivity index (χ3v) is 6.49. The van der Waals surface area contributed by atoms with Crippen LogP contribution in [0.4, 0.5) is 0 Å². The number of hydrogen-bond acceptors (Lipinski definition) is 4. The van der Waals surface area contributed by atoms with Gasteiger partial charge in [-0.3, -0.25) is 4.79 Å². The van der Waals surface area contributed by atoms with E-state index in [2.05, 4.69) is 16.1 Å². The molecule has 3 N–H and O–H groups in total. The lowest BCUT2D eigenvalue weighted by Gasteiger charge is -2.20. The van der Waals surface area contributed by atoms with Crippen LogP contribution in [0.1, 0.15) is 35.1 Å². The molecule has 2 aromatic rings. The number of quaternary nitrogens is 1. The molecule has 1 heterocycles. The van der Waals surface area contributed by atoms with Crippen molar-refractivity contribution in [1.82, 2.24) is 10.0 Å². The molecule has 1 aromatic heterocycles. The van der Waals surface area contributed by atoms with Gasteiger partial charge >= 0.3 is 0 Å². The summed E-state index contributed by atoms with van der Waals surface area (Å²) in [5, 5.41) is 4.94. The fraction of sp³-hybridized carbons (Fsp3) is 0.389. The van der Waals surface area contributed by atoms with Crippen LogP contribution in [0.15, 0.2) is 46.7 Å². The first-order valence-corrected chi connectivity index (χ1v) is 10.8. The molecular formula is C18H26N3O3S2+. The summed E-state index contributed by atoms with van der Waals surface area (Å²) < 4.78 is 27.1. The van der Waals surface area contributed by atoms with E-state index in [9.17, 15) is 13.2 Å². The van der Waals surface area contributed by atoms with Gasteiger partial charge in [-0.15, -0.1) is 11.3 Å². The molecule has 0 fully saturated rings. The summed E-state index contributed by atoms with van der Waals surface area (Å²) in [7, 11) is 0.458. The first-order chi connectivity index (χ1) is 12.2. The predicted octanol–water partition coefficient (Wildman–Crippen LogP) is 1.05. The van der Waals surface area contributed by atoms with Gasteiger partial charge in [0.05, 0.1) is 30.4 Å². The maximum atomic E-state index is 12.5. The Morgan fingerprint density at radius 2 is 1.92 bits per heavy atom. The van der Waals surface area contributed by atoms with Crippen LogP contribution in [0.25, 0.3) is 0 Å². The molecule has 0 aliphatic rings. The van der Waals surface area contributed by atoms with Crippen molar-refractivity contribution in [3.63, 3.8) is 0 Å². The van der Waals surface area contributed by atoms with Gasteiger partial charge in [-0.2, -0.15) is 0 Å². The van der Waals surface area contributed by atoms with E-state index < -0.39 is 10.0 Å². The van der Waals surface area contributed by atoms with Crippen LogP contribution >= 0.6 is 11.3 Å². The number of sulfonamides is 1. The van der Waals surface area contributed by atoms with Crippen LogP contribution in [0, 0.1) is 0 Å². The summed E-state index contributed by atoms with van der Waals surface area (Å²) in [4.78, 5) is 15.0. The van der Waals surface area contributed by atoms with E-state index >= 15 is 0 Å². The number of amides is 1. The second kappa shape index (κ2) is 8.77. The molecule has 1 aromatic carbocycles. The Labute approximate surface area is 159 Å². The summed E-state index contributed by atoms with van der Waals surface area (Å²) in [6.07, 6.45) is 0. The van der Waals surface area contributed by atoms with Gasteiger partial charge in [0.2, 0.25) is 10.0 Å². The lowest BCUT2D eigenvalue weighted by Crippen LogP contribution is -3.06. The zero-order valence-electron chi connectivity index (χ0n) is 15.4. The number of carbonyl (C=O) groups is 1. The highest BCUT2D eigenvalue weighted by Gasteiger charge is 2.21. The molecule has 0 radical (unpaired) electrons. The molecule has 0 aliphatic carbocycles. The zero-order chi connectivity index (χ0) is 19.3. The van der Waals surface area contributed by atoms with Gasteiger partial charge in [0.1, 0.15) is 6.04 Å². The highest BCUT2D eigenvalue weighted by molar-refractivity contribution is 7.89. The van der Waals surface area contributed by atoms with Gasteiger partial charge < -0.3 is 10.2 Å². The minimum Gasteiger partial charge on any atom is -0.346 e. The van der Waals surface area contributed by atoms with Crippen LogP contribution in [0.3, 0.4) is 0 Å². The predicted molar refractivity (Wildman–Crippen MR) is 104 cm³/mol. The van der Waals surface area contributed by atoms with Crippen molar-refractivity contribution in [3.8, 4) is 0 Å². The average Bonchev–Trinajstić information content (AvgIpc) is 3.07. The molecule has 0 bridgehead atoms. The number of likely N-dealkylation sites (N-methyl/N-ethyl adjacent to an activating group) is 1. The van der Waals surface area contributed by atoms with E-state index in [1.807, 2.05) is 25.5 Å². The Morgan fingerprint density at radius 1 is 1.19 bits per heavy atom. The molecule has 0 aliphatic heterocycles. The van der Waals surface area contributed by atoms with E-state index in [-0.39, 0.29) is 22.9 Å². The van der Waals surface area contributed by atoms with Gasteiger partial charge in [-0.05, 0) is 43.5 Å². The van der Waals surface area contributed by atoms with E-state index in [1.54, 1.807) is 37.3 Å².